The monoisotopic (exact) mass is 285 g/mol. The van der Waals surface area contributed by atoms with Gasteiger partial charge in [-0.05, 0) is 30.7 Å². The summed E-state index contributed by atoms with van der Waals surface area (Å²) in [5.41, 5.74) is 2.59. The van der Waals surface area contributed by atoms with Gasteiger partial charge in [0.25, 0.3) is 0 Å². The zero-order chi connectivity index (χ0) is 13.9. The first-order valence-corrected chi connectivity index (χ1v) is 7.77. The Balaban J connectivity index is 1.98. The van der Waals surface area contributed by atoms with Crippen LogP contribution in [0.1, 0.15) is 24.3 Å². The van der Waals surface area contributed by atoms with Gasteiger partial charge < -0.3 is 4.98 Å². The highest BCUT2D eigenvalue weighted by atomic mass is 32.2. The van der Waals surface area contributed by atoms with Gasteiger partial charge in [0, 0.05) is 6.20 Å². The second-order valence-corrected chi connectivity index (χ2v) is 6.06. The van der Waals surface area contributed by atoms with Crippen LogP contribution in [-0.4, -0.2) is 19.2 Å². The van der Waals surface area contributed by atoms with E-state index in [4.69, 9.17) is 0 Å². The van der Waals surface area contributed by atoms with Crippen LogP contribution in [0.25, 0.3) is 11.0 Å². The molecule has 5 heteroatoms. The van der Waals surface area contributed by atoms with Crippen LogP contribution in [-0.2, 0) is 10.8 Å². The Bertz CT molecular complexity index is 706. The first-order valence-electron chi connectivity index (χ1n) is 6.56. The number of nitrogens with one attached hydrogen (secondary N) is 1. The molecular weight excluding hydrogens is 270 g/mol. The first kappa shape index (κ1) is 13.0. The molecule has 0 aliphatic carbocycles. The molecule has 0 bridgehead atoms. The number of H-pyrrole nitrogens is 1. The summed E-state index contributed by atoms with van der Waals surface area (Å²) in [4.78, 5) is 11.9. The molecule has 2 aromatic heterocycles. The SMILES string of the molecule is CCC(c1ccccn1)S(=O)c1nc2ccccc2[nH]1. The molecule has 0 fully saturated rings. The lowest BCUT2D eigenvalue weighted by Gasteiger charge is -2.11. The summed E-state index contributed by atoms with van der Waals surface area (Å²) in [6.07, 6.45) is 2.48. The van der Waals surface area contributed by atoms with Crippen molar-refractivity contribution < 1.29 is 4.21 Å². The molecule has 0 aliphatic rings. The molecule has 2 atom stereocenters. The number of pyridine rings is 1. The Labute approximate surface area is 119 Å². The summed E-state index contributed by atoms with van der Waals surface area (Å²) in [7, 11) is -1.23. The lowest BCUT2D eigenvalue weighted by molar-refractivity contribution is 0.660. The van der Waals surface area contributed by atoms with E-state index in [2.05, 4.69) is 15.0 Å². The van der Waals surface area contributed by atoms with Crippen molar-refractivity contribution in [2.24, 2.45) is 0 Å². The predicted octanol–water partition coefficient (Wildman–Crippen LogP) is 3.22. The summed E-state index contributed by atoms with van der Waals surface area (Å²) in [6.45, 7) is 2.01. The molecule has 0 radical (unpaired) electrons. The van der Waals surface area contributed by atoms with Crippen molar-refractivity contribution in [3.05, 3.63) is 54.4 Å². The Hall–Kier alpha value is -2.01. The van der Waals surface area contributed by atoms with Gasteiger partial charge in [-0.15, -0.1) is 0 Å². The van der Waals surface area contributed by atoms with Gasteiger partial charge in [0.2, 0.25) is 0 Å². The van der Waals surface area contributed by atoms with Crippen LogP contribution >= 0.6 is 0 Å². The maximum atomic E-state index is 12.7. The quantitative estimate of drug-likeness (QED) is 0.800. The molecule has 0 amide bonds. The van der Waals surface area contributed by atoms with Crippen LogP contribution in [0.15, 0.2) is 53.8 Å². The lowest BCUT2D eigenvalue weighted by Crippen LogP contribution is -2.09. The number of nitrogens with zero attached hydrogens (tertiary/aromatic N) is 2. The normalized spacial score (nSPS) is 14.2. The van der Waals surface area contributed by atoms with Crippen molar-refractivity contribution in [3.63, 3.8) is 0 Å². The van der Waals surface area contributed by atoms with Crippen molar-refractivity contribution in [3.8, 4) is 0 Å². The molecule has 3 rings (SSSR count). The molecule has 0 saturated carbocycles. The van der Waals surface area contributed by atoms with E-state index in [1.54, 1.807) is 6.20 Å². The molecule has 0 spiro atoms. The summed E-state index contributed by atoms with van der Waals surface area (Å²) >= 11 is 0. The summed E-state index contributed by atoms with van der Waals surface area (Å²) < 4.78 is 12.7. The number of aromatic amines is 1. The topological polar surface area (TPSA) is 58.6 Å². The van der Waals surface area contributed by atoms with E-state index in [9.17, 15) is 4.21 Å². The first-order chi connectivity index (χ1) is 9.79. The summed E-state index contributed by atoms with van der Waals surface area (Å²) in [6, 6.07) is 13.4. The number of hydrogen-bond acceptors (Lipinski definition) is 3. The number of hydrogen-bond donors (Lipinski definition) is 1. The third-order valence-electron chi connectivity index (χ3n) is 3.21. The van der Waals surface area contributed by atoms with Crippen LogP contribution < -0.4 is 0 Å². The Morgan fingerprint density at radius 2 is 2.00 bits per heavy atom. The molecule has 1 aromatic carbocycles. The number of para-hydroxylation sites is 2. The average Bonchev–Trinajstić information content (AvgIpc) is 2.93. The minimum Gasteiger partial charge on any atom is -0.331 e. The van der Waals surface area contributed by atoms with Gasteiger partial charge >= 0.3 is 0 Å². The minimum atomic E-state index is -1.23. The van der Waals surface area contributed by atoms with E-state index < -0.39 is 10.8 Å². The summed E-state index contributed by atoms with van der Waals surface area (Å²) in [5, 5.41) is 0.375. The zero-order valence-electron chi connectivity index (χ0n) is 11.1. The summed E-state index contributed by atoms with van der Waals surface area (Å²) in [5.74, 6) is 0. The number of fused-ring (bicyclic) bond motifs is 1. The van der Waals surface area contributed by atoms with Gasteiger partial charge in [0.05, 0.1) is 32.8 Å². The molecule has 20 heavy (non-hydrogen) atoms. The van der Waals surface area contributed by atoms with Crippen molar-refractivity contribution in [2.75, 3.05) is 0 Å². The molecular formula is C15H15N3OS. The maximum absolute atomic E-state index is 12.7. The van der Waals surface area contributed by atoms with Crippen LogP contribution in [0.2, 0.25) is 0 Å². The molecule has 4 nitrogen and oxygen atoms in total. The highest BCUT2D eigenvalue weighted by Gasteiger charge is 2.22. The van der Waals surface area contributed by atoms with E-state index in [0.717, 1.165) is 23.1 Å². The van der Waals surface area contributed by atoms with Crippen molar-refractivity contribution in [1.82, 2.24) is 15.0 Å². The van der Waals surface area contributed by atoms with Crippen molar-refractivity contribution in [2.45, 2.75) is 23.8 Å². The van der Waals surface area contributed by atoms with Crippen molar-refractivity contribution in [1.29, 1.82) is 0 Å². The second kappa shape index (κ2) is 5.54. The van der Waals surface area contributed by atoms with Gasteiger partial charge in [0.1, 0.15) is 0 Å². The fraction of sp³-hybridized carbons (Fsp3) is 0.200. The molecule has 2 unspecified atom stereocenters. The number of rotatable bonds is 4. The molecule has 102 valence electrons. The van der Waals surface area contributed by atoms with Gasteiger partial charge in [-0.1, -0.05) is 25.1 Å². The fourth-order valence-electron chi connectivity index (χ4n) is 2.20. The highest BCUT2D eigenvalue weighted by molar-refractivity contribution is 7.85. The van der Waals surface area contributed by atoms with E-state index in [1.165, 1.54) is 0 Å². The lowest BCUT2D eigenvalue weighted by atomic mass is 10.2. The highest BCUT2D eigenvalue weighted by Crippen LogP contribution is 2.26. The van der Waals surface area contributed by atoms with Gasteiger partial charge in [-0.25, -0.2) is 4.98 Å². The molecule has 1 N–H and O–H groups in total. The van der Waals surface area contributed by atoms with Crippen LogP contribution in [0.4, 0.5) is 0 Å². The standard InChI is InChI=1S/C15H15N3OS/c1-2-14(13-9-5-6-10-16-13)20(19)15-17-11-7-3-4-8-12(11)18-15/h3-10,14H,2H2,1H3,(H,17,18). The largest absolute Gasteiger partial charge is 0.331 e. The molecule has 3 aromatic rings. The van der Waals surface area contributed by atoms with E-state index in [1.807, 2.05) is 49.4 Å². The second-order valence-electron chi connectivity index (χ2n) is 4.51. The minimum absolute atomic E-state index is 0.142. The maximum Gasteiger partial charge on any atom is 0.198 e. The van der Waals surface area contributed by atoms with E-state index in [0.29, 0.717) is 5.16 Å². The third-order valence-corrected chi connectivity index (χ3v) is 4.87. The number of imidazole rings is 1. The Morgan fingerprint density at radius 3 is 2.70 bits per heavy atom. The van der Waals surface area contributed by atoms with Gasteiger partial charge in [0.15, 0.2) is 5.16 Å². The number of benzene rings is 1. The molecule has 0 aliphatic heterocycles. The Morgan fingerprint density at radius 1 is 1.20 bits per heavy atom. The number of aromatic nitrogens is 3. The molecule has 0 saturated heterocycles. The van der Waals surface area contributed by atoms with E-state index in [-0.39, 0.29) is 5.25 Å². The van der Waals surface area contributed by atoms with Crippen LogP contribution in [0.5, 0.6) is 0 Å². The fourth-order valence-corrected chi connectivity index (χ4v) is 3.53. The van der Waals surface area contributed by atoms with Crippen LogP contribution in [0.3, 0.4) is 0 Å². The smallest absolute Gasteiger partial charge is 0.198 e. The van der Waals surface area contributed by atoms with Crippen molar-refractivity contribution >= 4 is 21.8 Å². The van der Waals surface area contributed by atoms with E-state index >= 15 is 0 Å². The predicted molar refractivity (Wildman–Crippen MR) is 79.8 cm³/mol. The van der Waals surface area contributed by atoms with Gasteiger partial charge in [-0.3, -0.25) is 9.19 Å². The third kappa shape index (κ3) is 2.36. The zero-order valence-corrected chi connectivity index (χ0v) is 11.9. The molecule has 2 heterocycles. The average molecular weight is 285 g/mol. The Kier molecular flexibility index (Phi) is 3.60. The van der Waals surface area contributed by atoms with Crippen LogP contribution in [0, 0.1) is 0 Å². The van der Waals surface area contributed by atoms with Gasteiger partial charge in [-0.2, -0.15) is 0 Å².